The molecular weight excluding hydrogens is 186 g/mol. The molecule has 0 aromatic heterocycles. The van der Waals surface area contributed by atoms with E-state index in [0.29, 0.717) is 6.54 Å². The highest BCUT2D eigenvalue weighted by Crippen LogP contribution is 2.18. The lowest BCUT2D eigenvalue weighted by atomic mass is 10.1. The first-order valence-electron chi connectivity index (χ1n) is 3.95. The Balaban J connectivity index is 2.91. The first-order chi connectivity index (χ1) is 6.31. The molecule has 0 saturated carbocycles. The van der Waals surface area contributed by atoms with Gasteiger partial charge >= 0.3 is 0 Å². The van der Waals surface area contributed by atoms with Gasteiger partial charge in [0.1, 0.15) is 5.75 Å². The normalized spacial score (nSPS) is 11.5. The summed E-state index contributed by atoms with van der Waals surface area (Å²) in [6, 6.07) is 7.62. The largest absolute Gasteiger partial charge is 0.497 e. The maximum Gasteiger partial charge on any atom is 0.118 e. The van der Waals surface area contributed by atoms with Crippen LogP contribution in [0.15, 0.2) is 29.8 Å². The number of hydrogen-bond donors (Lipinski definition) is 1. The number of methoxy groups -OCH3 is 1. The minimum Gasteiger partial charge on any atom is -0.497 e. The Kier molecular flexibility index (Phi) is 3.80. The maximum absolute atomic E-state index is 5.60. The lowest BCUT2D eigenvalue weighted by Crippen LogP contribution is -2.01. The van der Waals surface area contributed by atoms with Gasteiger partial charge < -0.3 is 10.5 Å². The molecule has 70 valence electrons. The Morgan fingerprint density at radius 1 is 1.46 bits per heavy atom. The van der Waals surface area contributed by atoms with Gasteiger partial charge in [-0.15, -0.1) is 0 Å². The Morgan fingerprint density at radius 2 is 2.08 bits per heavy atom. The van der Waals surface area contributed by atoms with E-state index in [0.717, 1.165) is 16.9 Å². The quantitative estimate of drug-likeness (QED) is 0.807. The summed E-state index contributed by atoms with van der Waals surface area (Å²) in [5.41, 5.74) is 8.95. The fourth-order valence-corrected chi connectivity index (χ4v) is 1.25. The number of halogens is 1. The molecule has 2 nitrogen and oxygen atoms in total. The maximum atomic E-state index is 5.60. The molecule has 0 bridgehead atoms. The van der Waals surface area contributed by atoms with Crippen LogP contribution in [0.25, 0.3) is 5.57 Å². The molecule has 0 aliphatic carbocycles. The molecule has 0 amide bonds. The molecule has 0 unspecified atom stereocenters. The van der Waals surface area contributed by atoms with Gasteiger partial charge in [-0.2, -0.15) is 0 Å². The van der Waals surface area contributed by atoms with Crippen LogP contribution in [0.1, 0.15) is 5.56 Å². The smallest absolute Gasteiger partial charge is 0.118 e. The minimum atomic E-state index is 0.440. The molecule has 0 spiro atoms. The van der Waals surface area contributed by atoms with Crippen molar-refractivity contribution in [3.05, 3.63) is 35.4 Å². The Labute approximate surface area is 83.0 Å². The van der Waals surface area contributed by atoms with Gasteiger partial charge in [-0.25, -0.2) is 0 Å². The third-order valence-corrected chi connectivity index (χ3v) is 2.08. The highest BCUT2D eigenvalue weighted by Gasteiger charge is 1.98. The lowest BCUT2D eigenvalue weighted by molar-refractivity contribution is 0.415. The molecule has 0 radical (unpaired) electrons. The molecule has 13 heavy (non-hydrogen) atoms. The molecule has 1 aromatic carbocycles. The zero-order chi connectivity index (χ0) is 9.68. The zero-order valence-electron chi connectivity index (χ0n) is 7.46. The summed E-state index contributed by atoms with van der Waals surface area (Å²) in [7, 11) is 1.64. The van der Waals surface area contributed by atoms with Gasteiger partial charge in [-0.3, -0.25) is 0 Å². The number of ether oxygens (including phenoxy) is 1. The van der Waals surface area contributed by atoms with Crippen molar-refractivity contribution in [3.8, 4) is 5.75 Å². The molecule has 0 fully saturated rings. The highest BCUT2D eigenvalue weighted by atomic mass is 35.5. The van der Waals surface area contributed by atoms with Gasteiger partial charge in [0.05, 0.1) is 7.11 Å². The van der Waals surface area contributed by atoms with Crippen molar-refractivity contribution < 1.29 is 4.74 Å². The average molecular weight is 198 g/mol. The van der Waals surface area contributed by atoms with Crippen LogP contribution in [-0.4, -0.2) is 13.7 Å². The van der Waals surface area contributed by atoms with Crippen molar-refractivity contribution in [2.45, 2.75) is 0 Å². The summed E-state index contributed by atoms with van der Waals surface area (Å²) in [6.45, 7) is 0.440. The third-order valence-electron chi connectivity index (χ3n) is 1.81. The van der Waals surface area contributed by atoms with Crippen molar-refractivity contribution in [1.82, 2.24) is 0 Å². The standard InChI is InChI=1S/C10H12ClNO/c1-13-10-4-2-8(3-5-10)9(6-11)7-12/h2-6H,7,12H2,1H3. The van der Waals surface area contributed by atoms with E-state index in [4.69, 9.17) is 22.1 Å². The van der Waals surface area contributed by atoms with E-state index < -0.39 is 0 Å². The van der Waals surface area contributed by atoms with Crippen molar-refractivity contribution in [2.75, 3.05) is 13.7 Å². The van der Waals surface area contributed by atoms with Gasteiger partial charge in [-0.1, -0.05) is 23.7 Å². The van der Waals surface area contributed by atoms with Crippen LogP contribution >= 0.6 is 11.6 Å². The summed E-state index contributed by atoms with van der Waals surface area (Å²) in [4.78, 5) is 0. The number of benzene rings is 1. The second-order valence-electron chi connectivity index (χ2n) is 2.57. The predicted molar refractivity (Wildman–Crippen MR) is 55.9 cm³/mol. The second-order valence-corrected chi connectivity index (χ2v) is 2.79. The van der Waals surface area contributed by atoms with Crippen molar-refractivity contribution in [2.24, 2.45) is 5.73 Å². The molecule has 3 heteroatoms. The van der Waals surface area contributed by atoms with E-state index in [2.05, 4.69) is 0 Å². The first kappa shape index (κ1) is 10.1. The summed E-state index contributed by atoms with van der Waals surface area (Å²) in [5.74, 6) is 0.828. The predicted octanol–water partition coefficient (Wildman–Crippen LogP) is 2.23. The fourth-order valence-electron chi connectivity index (χ4n) is 1.03. The molecule has 1 rings (SSSR count). The Morgan fingerprint density at radius 3 is 2.46 bits per heavy atom. The monoisotopic (exact) mass is 197 g/mol. The van der Waals surface area contributed by atoms with Crippen LogP contribution in [0.3, 0.4) is 0 Å². The van der Waals surface area contributed by atoms with Crippen LogP contribution in [0.4, 0.5) is 0 Å². The molecule has 0 aliphatic rings. The summed E-state index contributed by atoms with van der Waals surface area (Å²) < 4.78 is 5.03. The van der Waals surface area contributed by atoms with E-state index >= 15 is 0 Å². The third kappa shape index (κ3) is 2.47. The van der Waals surface area contributed by atoms with E-state index in [9.17, 15) is 0 Å². The van der Waals surface area contributed by atoms with E-state index in [1.807, 2.05) is 24.3 Å². The van der Waals surface area contributed by atoms with Crippen LogP contribution in [0.2, 0.25) is 0 Å². The highest BCUT2D eigenvalue weighted by molar-refractivity contribution is 6.28. The Bertz CT molecular complexity index is 292. The van der Waals surface area contributed by atoms with E-state index in [1.165, 1.54) is 5.54 Å². The topological polar surface area (TPSA) is 35.2 Å². The lowest BCUT2D eigenvalue weighted by Gasteiger charge is -2.04. The van der Waals surface area contributed by atoms with Gasteiger partial charge in [-0.05, 0) is 23.3 Å². The summed E-state index contributed by atoms with van der Waals surface area (Å²) in [6.07, 6.45) is 0. The number of hydrogen-bond acceptors (Lipinski definition) is 2. The SMILES string of the molecule is COc1ccc(C(=CCl)CN)cc1. The molecule has 0 atom stereocenters. The molecule has 0 heterocycles. The van der Waals surface area contributed by atoms with E-state index in [1.54, 1.807) is 7.11 Å². The summed E-state index contributed by atoms with van der Waals surface area (Å²) >= 11 is 5.60. The van der Waals surface area contributed by atoms with Gasteiger partial charge in [0.2, 0.25) is 0 Å². The van der Waals surface area contributed by atoms with Crippen molar-refractivity contribution in [1.29, 1.82) is 0 Å². The Hall–Kier alpha value is -0.990. The first-order valence-corrected chi connectivity index (χ1v) is 4.39. The second kappa shape index (κ2) is 4.90. The van der Waals surface area contributed by atoms with Crippen molar-refractivity contribution >= 4 is 17.2 Å². The fraction of sp³-hybridized carbons (Fsp3) is 0.200. The van der Waals surface area contributed by atoms with Crippen LogP contribution < -0.4 is 10.5 Å². The van der Waals surface area contributed by atoms with Gasteiger partial charge in [0.25, 0.3) is 0 Å². The summed E-state index contributed by atoms with van der Waals surface area (Å²) in [5, 5.41) is 0. The minimum absolute atomic E-state index is 0.440. The van der Waals surface area contributed by atoms with Crippen LogP contribution in [-0.2, 0) is 0 Å². The molecule has 0 aliphatic heterocycles. The molecular formula is C10H12ClNO. The zero-order valence-corrected chi connectivity index (χ0v) is 8.21. The number of rotatable bonds is 3. The van der Waals surface area contributed by atoms with E-state index in [-0.39, 0.29) is 0 Å². The van der Waals surface area contributed by atoms with Gasteiger partial charge in [0, 0.05) is 12.1 Å². The number of nitrogens with two attached hydrogens (primary N) is 1. The molecule has 2 N–H and O–H groups in total. The van der Waals surface area contributed by atoms with Gasteiger partial charge in [0.15, 0.2) is 0 Å². The van der Waals surface area contributed by atoms with Crippen LogP contribution in [0, 0.1) is 0 Å². The van der Waals surface area contributed by atoms with Crippen molar-refractivity contribution in [3.63, 3.8) is 0 Å². The molecule has 0 saturated heterocycles. The average Bonchev–Trinajstić information content (AvgIpc) is 2.21. The molecule has 1 aromatic rings. The van der Waals surface area contributed by atoms with Crippen LogP contribution in [0.5, 0.6) is 5.75 Å².